The molecule has 2 fully saturated rings. The van der Waals surface area contributed by atoms with Crippen LogP contribution in [-0.4, -0.2) is 37.0 Å². The third kappa shape index (κ3) is 2.55. The Bertz CT molecular complexity index is 605. The summed E-state index contributed by atoms with van der Waals surface area (Å²) >= 11 is 0. The van der Waals surface area contributed by atoms with E-state index >= 15 is 0 Å². The molecule has 110 valence electrons. The van der Waals surface area contributed by atoms with E-state index in [1.807, 2.05) is 11.0 Å². The van der Waals surface area contributed by atoms with Gasteiger partial charge in [-0.2, -0.15) is 5.26 Å². The third-order valence-corrected chi connectivity index (χ3v) is 3.87. The van der Waals surface area contributed by atoms with Crippen molar-refractivity contribution in [1.82, 2.24) is 0 Å². The molecule has 0 radical (unpaired) electrons. The number of rotatable bonds is 2. The lowest BCUT2D eigenvalue weighted by Gasteiger charge is -2.39. The minimum atomic E-state index is -0.658. The minimum Gasteiger partial charge on any atom is -0.361 e. The first-order valence-corrected chi connectivity index (χ1v) is 6.85. The molecule has 0 aromatic heterocycles. The number of hydrogen-bond acceptors (Lipinski definition) is 6. The van der Waals surface area contributed by atoms with E-state index in [2.05, 4.69) is 0 Å². The highest BCUT2D eigenvalue weighted by Gasteiger charge is 2.42. The Morgan fingerprint density at radius 3 is 2.81 bits per heavy atom. The lowest BCUT2D eigenvalue weighted by molar-refractivity contribution is -0.384. The summed E-state index contributed by atoms with van der Waals surface area (Å²) in [6, 6.07) is 6.43. The van der Waals surface area contributed by atoms with Gasteiger partial charge in [0.1, 0.15) is 5.69 Å². The molecule has 0 aliphatic carbocycles. The van der Waals surface area contributed by atoms with Gasteiger partial charge in [-0.15, -0.1) is 0 Å². The molecule has 0 atom stereocenters. The van der Waals surface area contributed by atoms with Gasteiger partial charge in [-0.3, -0.25) is 10.1 Å². The fourth-order valence-electron chi connectivity index (χ4n) is 2.93. The van der Waals surface area contributed by atoms with Gasteiger partial charge >= 0.3 is 0 Å². The van der Waals surface area contributed by atoms with Gasteiger partial charge in [0, 0.05) is 19.0 Å². The van der Waals surface area contributed by atoms with Crippen molar-refractivity contribution in [3.8, 4) is 6.07 Å². The van der Waals surface area contributed by atoms with Gasteiger partial charge in [-0.1, -0.05) is 0 Å². The molecule has 0 saturated carbocycles. The second-order valence-electron chi connectivity index (χ2n) is 5.21. The Morgan fingerprint density at radius 2 is 2.14 bits per heavy atom. The first-order valence-electron chi connectivity index (χ1n) is 6.85. The number of anilines is 1. The van der Waals surface area contributed by atoms with E-state index in [4.69, 9.17) is 14.7 Å². The highest BCUT2D eigenvalue weighted by atomic mass is 16.7. The Morgan fingerprint density at radius 1 is 1.38 bits per heavy atom. The maximum absolute atomic E-state index is 11.2. The number of hydrogen-bond donors (Lipinski definition) is 0. The third-order valence-electron chi connectivity index (χ3n) is 3.87. The van der Waals surface area contributed by atoms with Crippen LogP contribution >= 0.6 is 0 Å². The Labute approximate surface area is 121 Å². The first-order chi connectivity index (χ1) is 10.1. The van der Waals surface area contributed by atoms with Gasteiger partial charge in [0.05, 0.1) is 36.3 Å². The monoisotopic (exact) mass is 289 g/mol. The zero-order chi connectivity index (χ0) is 14.9. The number of nitro groups is 1. The van der Waals surface area contributed by atoms with Crippen LogP contribution < -0.4 is 4.90 Å². The molecular weight excluding hydrogens is 274 g/mol. The molecule has 2 aliphatic heterocycles. The maximum atomic E-state index is 11.2. The Balaban J connectivity index is 1.95. The molecule has 1 aromatic rings. The van der Waals surface area contributed by atoms with Crippen molar-refractivity contribution in [1.29, 1.82) is 5.26 Å². The second kappa shape index (κ2) is 5.31. The smallest absolute Gasteiger partial charge is 0.292 e. The summed E-state index contributed by atoms with van der Waals surface area (Å²) in [7, 11) is 0. The van der Waals surface area contributed by atoms with Gasteiger partial charge in [-0.25, -0.2) is 0 Å². The zero-order valence-corrected chi connectivity index (χ0v) is 11.4. The normalized spacial score (nSPS) is 20.4. The summed E-state index contributed by atoms with van der Waals surface area (Å²) in [6.45, 7) is 2.23. The largest absolute Gasteiger partial charge is 0.361 e. The number of piperidine rings is 1. The number of nitro benzene ring substituents is 1. The van der Waals surface area contributed by atoms with Crippen LogP contribution in [0.25, 0.3) is 0 Å². The summed E-state index contributed by atoms with van der Waals surface area (Å²) in [4.78, 5) is 12.7. The molecule has 0 amide bonds. The molecular formula is C14H15N3O4. The molecule has 7 heteroatoms. The Kier molecular flexibility index (Phi) is 3.49. The summed E-state index contributed by atoms with van der Waals surface area (Å²) < 4.78 is 11.4. The number of benzene rings is 1. The fraction of sp³-hybridized carbons (Fsp3) is 0.500. The average Bonchev–Trinajstić information content (AvgIpc) is 2.94. The number of nitriles is 1. The summed E-state index contributed by atoms with van der Waals surface area (Å²) in [5, 5.41) is 20.2. The molecule has 1 spiro atoms. The van der Waals surface area contributed by atoms with E-state index in [-0.39, 0.29) is 5.69 Å². The predicted molar refractivity (Wildman–Crippen MR) is 73.9 cm³/mol. The van der Waals surface area contributed by atoms with Crippen LogP contribution in [0, 0.1) is 21.4 Å². The van der Waals surface area contributed by atoms with E-state index < -0.39 is 10.7 Å². The van der Waals surface area contributed by atoms with Crippen LogP contribution in [0.4, 0.5) is 11.4 Å². The molecule has 2 aliphatic rings. The van der Waals surface area contributed by atoms with E-state index in [0.29, 0.717) is 37.6 Å². The van der Waals surface area contributed by atoms with Gasteiger partial charge < -0.3 is 14.4 Å². The summed E-state index contributed by atoms with van der Waals surface area (Å²) in [5.41, 5.74) is 0.866. The Hall–Kier alpha value is -2.17. The van der Waals surface area contributed by atoms with E-state index in [1.165, 1.54) is 12.1 Å². The zero-order valence-electron chi connectivity index (χ0n) is 11.4. The molecule has 3 rings (SSSR count). The van der Waals surface area contributed by atoms with Crippen LogP contribution in [0.1, 0.15) is 18.4 Å². The molecule has 0 unspecified atom stereocenters. The van der Waals surface area contributed by atoms with Crippen molar-refractivity contribution in [2.45, 2.75) is 18.6 Å². The SMILES string of the molecule is N#Cc1ccc([N+](=O)[O-])c(N2CCCC3(C2)OCCO3)c1. The van der Waals surface area contributed by atoms with Crippen molar-refractivity contribution >= 4 is 11.4 Å². The highest BCUT2D eigenvalue weighted by molar-refractivity contribution is 5.66. The highest BCUT2D eigenvalue weighted by Crippen LogP contribution is 2.36. The van der Waals surface area contributed by atoms with Crippen LogP contribution in [0.3, 0.4) is 0 Å². The van der Waals surface area contributed by atoms with Crippen molar-refractivity contribution in [3.63, 3.8) is 0 Å². The summed E-state index contributed by atoms with van der Waals surface area (Å²) in [5.74, 6) is -0.658. The molecule has 7 nitrogen and oxygen atoms in total. The molecule has 0 N–H and O–H groups in total. The van der Waals surface area contributed by atoms with Crippen LogP contribution in [0.5, 0.6) is 0 Å². The maximum Gasteiger partial charge on any atom is 0.292 e. The van der Waals surface area contributed by atoms with Crippen LogP contribution in [-0.2, 0) is 9.47 Å². The molecule has 2 saturated heterocycles. The van der Waals surface area contributed by atoms with Gasteiger partial charge in [0.25, 0.3) is 5.69 Å². The lowest BCUT2D eigenvalue weighted by Crippen LogP contribution is -2.49. The average molecular weight is 289 g/mol. The fourth-order valence-corrected chi connectivity index (χ4v) is 2.93. The predicted octanol–water partition coefficient (Wildman–Crippen LogP) is 1.81. The summed E-state index contributed by atoms with van der Waals surface area (Å²) in [6.07, 6.45) is 1.61. The molecule has 1 aromatic carbocycles. The second-order valence-corrected chi connectivity index (χ2v) is 5.21. The standard InChI is InChI=1S/C14H15N3O4/c15-9-11-2-3-12(17(18)19)13(8-11)16-5-1-4-14(10-16)20-6-7-21-14/h2-3,8H,1,4-7,10H2. The van der Waals surface area contributed by atoms with Gasteiger partial charge in [0.15, 0.2) is 5.79 Å². The van der Waals surface area contributed by atoms with Crippen molar-refractivity contribution < 1.29 is 14.4 Å². The van der Waals surface area contributed by atoms with Crippen molar-refractivity contribution in [2.24, 2.45) is 0 Å². The number of ether oxygens (including phenoxy) is 2. The lowest BCUT2D eigenvalue weighted by atomic mass is 10.0. The van der Waals surface area contributed by atoms with Crippen molar-refractivity contribution in [3.05, 3.63) is 33.9 Å². The topological polar surface area (TPSA) is 88.6 Å². The van der Waals surface area contributed by atoms with Gasteiger partial charge in [-0.05, 0) is 18.6 Å². The van der Waals surface area contributed by atoms with Crippen LogP contribution in [0.15, 0.2) is 18.2 Å². The minimum absolute atomic E-state index is 0.00375. The quantitative estimate of drug-likeness (QED) is 0.609. The molecule has 21 heavy (non-hydrogen) atoms. The van der Waals surface area contributed by atoms with Gasteiger partial charge in [0.2, 0.25) is 0 Å². The molecule has 0 bridgehead atoms. The number of nitrogens with zero attached hydrogens (tertiary/aromatic N) is 3. The molecule has 2 heterocycles. The van der Waals surface area contributed by atoms with E-state index in [9.17, 15) is 10.1 Å². The van der Waals surface area contributed by atoms with Crippen molar-refractivity contribution in [2.75, 3.05) is 31.2 Å². The first kappa shape index (κ1) is 13.8. The van der Waals surface area contributed by atoms with E-state index in [1.54, 1.807) is 6.07 Å². The van der Waals surface area contributed by atoms with E-state index in [0.717, 1.165) is 12.8 Å². The van der Waals surface area contributed by atoms with Crippen LogP contribution in [0.2, 0.25) is 0 Å².